The number of aliphatic hydroxyl groups is 1. The molecule has 0 atom stereocenters. The van der Waals surface area contributed by atoms with Crippen LogP contribution in [0, 0.1) is 0 Å². The molecule has 1 amide bonds. The second kappa shape index (κ2) is 19.1. The summed E-state index contributed by atoms with van der Waals surface area (Å²) >= 11 is 0. The normalized spacial score (nSPS) is 11.6. The molecule has 0 heterocycles. The van der Waals surface area contributed by atoms with Crippen molar-refractivity contribution < 1.29 is 28.8 Å². The van der Waals surface area contributed by atoms with E-state index in [0.29, 0.717) is 45.5 Å². The second-order valence-corrected chi connectivity index (χ2v) is 9.41. The van der Waals surface area contributed by atoms with Gasteiger partial charge >= 0.3 is 6.09 Å². The van der Waals surface area contributed by atoms with E-state index in [2.05, 4.69) is 26.1 Å². The molecule has 0 aliphatic rings. The number of hydrogen-bond acceptors (Lipinski definition) is 8. The van der Waals surface area contributed by atoms with Crippen molar-refractivity contribution in [2.45, 2.75) is 51.2 Å². The van der Waals surface area contributed by atoms with Crippen molar-refractivity contribution in [3.63, 3.8) is 0 Å². The average Bonchev–Trinajstić information content (AvgIpc) is 2.63. The fourth-order valence-corrected chi connectivity index (χ4v) is 4.04. The minimum atomic E-state index is -0.415. The number of hydrogen-bond donors (Lipinski definition) is 2. The lowest BCUT2D eigenvalue weighted by molar-refractivity contribution is 0.0485. The van der Waals surface area contributed by atoms with Gasteiger partial charge in [0.05, 0.1) is 26.4 Å². The van der Waals surface area contributed by atoms with Gasteiger partial charge in [-0.25, -0.2) is 4.79 Å². The largest absolute Gasteiger partial charge is 0.450 e. The van der Waals surface area contributed by atoms with E-state index in [1.807, 2.05) is 0 Å². The molecule has 0 rings (SSSR count). The Hall–Kier alpha value is -0.190. The molecule has 0 aromatic heterocycles. The molecule has 7 nitrogen and oxygen atoms in total. The van der Waals surface area contributed by atoms with Crippen LogP contribution in [0.4, 0.5) is 4.79 Å². The zero-order valence-corrected chi connectivity index (χ0v) is 18.6. The lowest BCUT2D eigenvalue weighted by Crippen LogP contribution is -2.29. The number of carbonyl (C=O) groups excluding carboxylic acids is 1. The molecule has 0 saturated carbocycles. The van der Waals surface area contributed by atoms with Crippen LogP contribution in [0.15, 0.2) is 0 Å². The molecular formula is C18H37NO6S2. The first-order valence-corrected chi connectivity index (χ1v) is 11.9. The maximum Gasteiger partial charge on any atom is 0.407 e. The molecule has 0 fully saturated rings. The van der Waals surface area contributed by atoms with Crippen LogP contribution in [0.5, 0.6) is 0 Å². The number of alkyl carbamates (subject to hydrolysis) is 1. The van der Waals surface area contributed by atoms with Crippen molar-refractivity contribution in [3.05, 3.63) is 0 Å². The minimum absolute atomic E-state index is 0.0129. The first-order valence-electron chi connectivity index (χ1n) is 9.57. The van der Waals surface area contributed by atoms with Crippen molar-refractivity contribution in [2.24, 2.45) is 0 Å². The first-order chi connectivity index (χ1) is 13.0. The predicted molar refractivity (Wildman–Crippen MR) is 112 cm³/mol. The maximum absolute atomic E-state index is 11.6. The second-order valence-electron chi connectivity index (χ2n) is 6.46. The smallest absolute Gasteiger partial charge is 0.407 e. The molecule has 0 aliphatic carbocycles. The standard InChI is InChI=1S/C18H37NO6S2/c1-4-10-22-14-15-23-13-8-19-17(21)25-12-7-18(2,3)27-26-16-24-11-6-5-9-20/h20H,4-16H2,1-3H3,(H,19,21). The van der Waals surface area contributed by atoms with E-state index in [4.69, 9.17) is 24.1 Å². The Morgan fingerprint density at radius 3 is 2.44 bits per heavy atom. The van der Waals surface area contributed by atoms with Crippen LogP contribution in [0.25, 0.3) is 0 Å². The van der Waals surface area contributed by atoms with E-state index < -0.39 is 6.09 Å². The van der Waals surface area contributed by atoms with Crippen LogP contribution in [-0.4, -0.2) is 74.7 Å². The molecule has 9 heteroatoms. The van der Waals surface area contributed by atoms with Crippen molar-refractivity contribution in [2.75, 3.05) is 58.7 Å². The number of amides is 1. The summed E-state index contributed by atoms with van der Waals surface area (Å²) in [5.41, 5.74) is 0. The van der Waals surface area contributed by atoms with Gasteiger partial charge in [0.25, 0.3) is 0 Å². The van der Waals surface area contributed by atoms with Crippen LogP contribution in [0.1, 0.15) is 46.5 Å². The highest BCUT2D eigenvalue weighted by Crippen LogP contribution is 2.37. The Balaban J connectivity index is 3.49. The third-order valence-corrected chi connectivity index (χ3v) is 6.32. The molecular weight excluding hydrogens is 390 g/mol. The summed E-state index contributed by atoms with van der Waals surface area (Å²) in [6.45, 7) is 10.3. The molecule has 0 aromatic carbocycles. The summed E-state index contributed by atoms with van der Waals surface area (Å²) in [4.78, 5) is 11.6. The van der Waals surface area contributed by atoms with Gasteiger partial charge in [0.1, 0.15) is 5.94 Å². The van der Waals surface area contributed by atoms with Gasteiger partial charge in [0.15, 0.2) is 0 Å². The molecule has 162 valence electrons. The van der Waals surface area contributed by atoms with E-state index in [0.717, 1.165) is 32.3 Å². The molecule has 2 N–H and O–H groups in total. The van der Waals surface area contributed by atoms with Gasteiger partial charge in [0.2, 0.25) is 0 Å². The zero-order valence-electron chi connectivity index (χ0n) is 17.0. The molecule has 0 aliphatic heterocycles. The number of carbonyl (C=O) groups is 1. The molecule has 0 radical (unpaired) electrons. The molecule has 0 bridgehead atoms. The van der Waals surface area contributed by atoms with Crippen molar-refractivity contribution in [1.29, 1.82) is 0 Å². The van der Waals surface area contributed by atoms with Gasteiger partial charge in [-0.2, -0.15) is 0 Å². The van der Waals surface area contributed by atoms with Gasteiger partial charge in [-0.05, 0) is 39.5 Å². The Kier molecular flexibility index (Phi) is 19.0. The fourth-order valence-electron chi connectivity index (χ4n) is 1.77. The highest BCUT2D eigenvalue weighted by molar-refractivity contribution is 8.77. The molecule has 0 aromatic rings. The Labute approximate surface area is 172 Å². The van der Waals surface area contributed by atoms with Gasteiger partial charge in [-0.1, -0.05) is 28.5 Å². The van der Waals surface area contributed by atoms with E-state index in [1.54, 1.807) is 21.6 Å². The maximum atomic E-state index is 11.6. The predicted octanol–water partition coefficient (Wildman–Crippen LogP) is 3.45. The van der Waals surface area contributed by atoms with Gasteiger partial charge < -0.3 is 29.4 Å². The summed E-state index contributed by atoms with van der Waals surface area (Å²) in [7, 11) is 3.38. The van der Waals surface area contributed by atoms with E-state index in [1.165, 1.54) is 0 Å². The van der Waals surface area contributed by atoms with E-state index >= 15 is 0 Å². The SMILES string of the molecule is CCCOCCOCCNC(=O)OCCC(C)(C)SSCOCCCCO. The Morgan fingerprint density at radius 1 is 1.00 bits per heavy atom. The van der Waals surface area contributed by atoms with Crippen LogP contribution in [-0.2, 0) is 18.9 Å². The number of aliphatic hydroxyl groups excluding tert-OH is 1. The van der Waals surface area contributed by atoms with Gasteiger partial charge in [-0.15, -0.1) is 0 Å². The van der Waals surface area contributed by atoms with E-state index in [-0.39, 0.29) is 11.4 Å². The number of nitrogens with one attached hydrogen (secondary N) is 1. The van der Waals surface area contributed by atoms with Crippen LogP contribution in [0.2, 0.25) is 0 Å². The summed E-state index contributed by atoms with van der Waals surface area (Å²) < 4.78 is 21.3. The van der Waals surface area contributed by atoms with Crippen LogP contribution in [0.3, 0.4) is 0 Å². The topological polar surface area (TPSA) is 86.3 Å². The van der Waals surface area contributed by atoms with Gasteiger partial charge in [0, 0.05) is 31.1 Å². The Morgan fingerprint density at radius 2 is 1.74 bits per heavy atom. The molecule has 0 unspecified atom stereocenters. The summed E-state index contributed by atoms with van der Waals surface area (Å²) in [6, 6.07) is 0. The van der Waals surface area contributed by atoms with Crippen molar-refractivity contribution in [1.82, 2.24) is 5.32 Å². The number of ether oxygens (including phenoxy) is 4. The number of unbranched alkanes of at least 4 members (excludes halogenated alkanes) is 1. The first kappa shape index (κ1) is 26.8. The average molecular weight is 428 g/mol. The highest BCUT2D eigenvalue weighted by atomic mass is 33.1. The highest BCUT2D eigenvalue weighted by Gasteiger charge is 2.19. The third-order valence-electron chi connectivity index (χ3n) is 3.29. The summed E-state index contributed by atoms with van der Waals surface area (Å²) in [5, 5.41) is 11.4. The van der Waals surface area contributed by atoms with Crippen molar-refractivity contribution in [3.8, 4) is 0 Å². The third kappa shape index (κ3) is 20.4. The Bertz CT molecular complexity index is 348. The number of rotatable bonds is 19. The van der Waals surface area contributed by atoms with Crippen LogP contribution >= 0.6 is 21.6 Å². The lowest BCUT2D eigenvalue weighted by Gasteiger charge is -2.22. The lowest BCUT2D eigenvalue weighted by atomic mass is 10.1. The zero-order chi connectivity index (χ0) is 20.2. The quantitative estimate of drug-likeness (QED) is 0.184. The van der Waals surface area contributed by atoms with Gasteiger partial charge in [-0.3, -0.25) is 0 Å². The fraction of sp³-hybridized carbons (Fsp3) is 0.944. The minimum Gasteiger partial charge on any atom is -0.450 e. The molecule has 0 saturated heterocycles. The molecule has 27 heavy (non-hydrogen) atoms. The summed E-state index contributed by atoms with van der Waals surface area (Å²) in [6.07, 6.45) is 3.00. The monoisotopic (exact) mass is 427 g/mol. The van der Waals surface area contributed by atoms with E-state index in [9.17, 15) is 4.79 Å². The summed E-state index contributed by atoms with van der Waals surface area (Å²) in [5.74, 6) is 0.615. The molecule has 0 spiro atoms. The van der Waals surface area contributed by atoms with Crippen LogP contribution < -0.4 is 5.32 Å². The van der Waals surface area contributed by atoms with Crippen molar-refractivity contribution >= 4 is 27.7 Å².